The highest BCUT2D eigenvalue weighted by atomic mass is 16.5. The van der Waals surface area contributed by atoms with Gasteiger partial charge in [-0.15, -0.1) is 0 Å². The fraction of sp³-hybridized carbons (Fsp3) is 0.895. The van der Waals surface area contributed by atoms with Crippen molar-refractivity contribution in [3.8, 4) is 0 Å². The fourth-order valence-corrected chi connectivity index (χ4v) is 3.64. The fourth-order valence-electron chi connectivity index (χ4n) is 3.64. The van der Waals surface area contributed by atoms with E-state index in [1.165, 1.54) is 25.7 Å². The Morgan fingerprint density at radius 2 is 2.00 bits per heavy atom. The Bertz CT molecular complexity index is 459. The number of guanidine groups is 1. The van der Waals surface area contributed by atoms with Crippen LogP contribution in [0.4, 0.5) is 0 Å². The predicted molar refractivity (Wildman–Crippen MR) is 102 cm³/mol. The molecular formula is C19H36N4O2. The molecule has 6 nitrogen and oxygen atoms in total. The standard InChI is InChI=1S/C19H36N4O2/c1-5-20-17(22-11-10-21-16(24)18(2,3)4)23-12-6-8-19(14-23)9-7-13-25-15-19/h5-15H2,1-4H3,(H,20,22)(H,21,24). The Labute approximate surface area is 152 Å². The third kappa shape index (κ3) is 5.87. The lowest BCUT2D eigenvalue weighted by molar-refractivity contribution is -0.128. The largest absolute Gasteiger partial charge is 0.381 e. The third-order valence-corrected chi connectivity index (χ3v) is 5.04. The number of nitrogens with zero attached hydrogens (tertiary/aromatic N) is 2. The first kappa shape index (κ1) is 20.0. The quantitative estimate of drug-likeness (QED) is 0.461. The van der Waals surface area contributed by atoms with Gasteiger partial charge in [-0.1, -0.05) is 20.8 Å². The van der Waals surface area contributed by atoms with Crippen molar-refractivity contribution >= 4 is 11.9 Å². The number of nitrogens with one attached hydrogen (secondary N) is 2. The molecule has 1 unspecified atom stereocenters. The molecule has 0 radical (unpaired) electrons. The van der Waals surface area contributed by atoms with Gasteiger partial charge in [0.25, 0.3) is 0 Å². The van der Waals surface area contributed by atoms with E-state index in [1.807, 2.05) is 20.8 Å². The lowest BCUT2D eigenvalue weighted by Crippen LogP contribution is -2.53. The Hall–Kier alpha value is -1.30. The molecule has 2 aliphatic heterocycles. The van der Waals surface area contributed by atoms with Gasteiger partial charge in [0.05, 0.1) is 13.2 Å². The van der Waals surface area contributed by atoms with Crippen molar-refractivity contribution in [2.75, 3.05) is 45.9 Å². The molecule has 2 aliphatic rings. The van der Waals surface area contributed by atoms with Crippen molar-refractivity contribution in [1.82, 2.24) is 15.5 Å². The van der Waals surface area contributed by atoms with E-state index in [0.717, 1.165) is 38.8 Å². The van der Waals surface area contributed by atoms with E-state index in [2.05, 4.69) is 22.5 Å². The Morgan fingerprint density at radius 1 is 1.24 bits per heavy atom. The smallest absolute Gasteiger partial charge is 0.225 e. The van der Waals surface area contributed by atoms with E-state index in [1.54, 1.807) is 0 Å². The zero-order chi connectivity index (χ0) is 18.3. The number of amides is 1. The maximum Gasteiger partial charge on any atom is 0.225 e. The van der Waals surface area contributed by atoms with Gasteiger partial charge in [0.1, 0.15) is 0 Å². The highest BCUT2D eigenvalue weighted by Gasteiger charge is 2.38. The van der Waals surface area contributed by atoms with Crippen LogP contribution in [-0.2, 0) is 9.53 Å². The van der Waals surface area contributed by atoms with Gasteiger partial charge in [-0.3, -0.25) is 9.79 Å². The summed E-state index contributed by atoms with van der Waals surface area (Å²) >= 11 is 0. The zero-order valence-corrected chi connectivity index (χ0v) is 16.5. The molecule has 0 aliphatic carbocycles. The van der Waals surface area contributed by atoms with E-state index in [4.69, 9.17) is 9.73 Å². The van der Waals surface area contributed by atoms with E-state index >= 15 is 0 Å². The number of likely N-dealkylation sites (tertiary alicyclic amines) is 1. The molecule has 0 aromatic rings. The van der Waals surface area contributed by atoms with Gasteiger partial charge >= 0.3 is 0 Å². The van der Waals surface area contributed by atoms with Gasteiger partial charge in [-0.05, 0) is 32.6 Å². The van der Waals surface area contributed by atoms with Gasteiger partial charge in [-0.2, -0.15) is 0 Å². The Morgan fingerprint density at radius 3 is 2.64 bits per heavy atom. The molecule has 2 heterocycles. The summed E-state index contributed by atoms with van der Waals surface area (Å²) in [4.78, 5) is 19.1. The summed E-state index contributed by atoms with van der Waals surface area (Å²) in [6.45, 7) is 13.8. The lowest BCUT2D eigenvalue weighted by Gasteiger charge is -2.45. The second kappa shape index (κ2) is 8.88. The van der Waals surface area contributed by atoms with Crippen molar-refractivity contribution in [2.45, 2.75) is 53.4 Å². The van der Waals surface area contributed by atoms with Crippen LogP contribution in [0.5, 0.6) is 0 Å². The summed E-state index contributed by atoms with van der Waals surface area (Å²) < 4.78 is 5.77. The lowest BCUT2D eigenvalue weighted by atomic mass is 9.76. The number of ether oxygens (including phenoxy) is 1. The maximum absolute atomic E-state index is 11.9. The molecule has 0 saturated carbocycles. The van der Waals surface area contributed by atoms with E-state index in [0.29, 0.717) is 18.5 Å². The highest BCUT2D eigenvalue weighted by Crippen LogP contribution is 2.37. The maximum atomic E-state index is 11.9. The van der Waals surface area contributed by atoms with Gasteiger partial charge in [0.2, 0.25) is 5.91 Å². The Balaban J connectivity index is 1.91. The van der Waals surface area contributed by atoms with Crippen LogP contribution >= 0.6 is 0 Å². The van der Waals surface area contributed by atoms with Crippen LogP contribution in [0.2, 0.25) is 0 Å². The second-order valence-electron chi connectivity index (χ2n) is 8.42. The van der Waals surface area contributed by atoms with Crippen molar-refractivity contribution in [3.63, 3.8) is 0 Å². The van der Waals surface area contributed by atoms with Crippen molar-refractivity contribution in [2.24, 2.45) is 15.8 Å². The molecule has 0 aromatic heterocycles. The Kier molecular flexibility index (Phi) is 7.11. The minimum atomic E-state index is -0.353. The predicted octanol–water partition coefficient (Wildman–Crippen LogP) is 2.01. The molecule has 2 fully saturated rings. The van der Waals surface area contributed by atoms with Crippen LogP contribution in [0.15, 0.2) is 4.99 Å². The molecule has 2 rings (SSSR count). The molecule has 0 bridgehead atoms. The molecular weight excluding hydrogens is 316 g/mol. The summed E-state index contributed by atoms with van der Waals surface area (Å²) in [5.41, 5.74) is -0.0540. The number of carbonyl (C=O) groups excluding carboxylic acids is 1. The van der Waals surface area contributed by atoms with Gasteiger partial charge in [0, 0.05) is 43.6 Å². The van der Waals surface area contributed by atoms with Crippen LogP contribution in [0.25, 0.3) is 0 Å². The number of rotatable bonds is 4. The van der Waals surface area contributed by atoms with Gasteiger partial charge in [-0.25, -0.2) is 0 Å². The molecule has 6 heteroatoms. The van der Waals surface area contributed by atoms with Crippen LogP contribution in [0, 0.1) is 10.8 Å². The SMILES string of the molecule is CCNC(=NCCNC(=O)C(C)(C)C)N1CCCC2(CCCOC2)C1. The summed E-state index contributed by atoms with van der Waals surface area (Å²) in [6, 6.07) is 0. The van der Waals surface area contributed by atoms with Crippen LogP contribution < -0.4 is 10.6 Å². The summed E-state index contributed by atoms with van der Waals surface area (Å²) in [5, 5.41) is 6.38. The molecule has 1 atom stereocenters. The molecule has 1 amide bonds. The van der Waals surface area contributed by atoms with E-state index in [-0.39, 0.29) is 11.3 Å². The molecule has 25 heavy (non-hydrogen) atoms. The minimum Gasteiger partial charge on any atom is -0.381 e. The first-order chi connectivity index (χ1) is 11.9. The average Bonchev–Trinajstić information content (AvgIpc) is 2.57. The van der Waals surface area contributed by atoms with Crippen molar-refractivity contribution in [3.05, 3.63) is 0 Å². The molecule has 2 saturated heterocycles. The van der Waals surface area contributed by atoms with Crippen molar-refractivity contribution < 1.29 is 9.53 Å². The average molecular weight is 353 g/mol. The van der Waals surface area contributed by atoms with Crippen LogP contribution in [0.3, 0.4) is 0 Å². The first-order valence-electron chi connectivity index (χ1n) is 9.76. The second-order valence-corrected chi connectivity index (χ2v) is 8.42. The number of hydrogen-bond acceptors (Lipinski definition) is 3. The zero-order valence-electron chi connectivity index (χ0n) is 16.5. The number of piperidine rings is 1. The van der Waals surface area contributed by atoms with Gasteiger partial charge in [0.15, 0.2) is 5.96 Å². The monoisotopic (exact) mass is 352 g/mol. The number of carbonyl (C=O) groups is 1. The summed E-state index contributed by atoms with van der Waals surface area (Å²) in [5.74, 6) is 1.04. The van der Waals surface area contributed by atoms with Crippen LogP contribution in [0.1, 0.15) is 53.4 Å². The topological polar surface area (TPSA) is 66.0 Å². The number of aliphatic imine (C=N–C) groups is 1. The molecule has 0 aromatic carbocycles. The normalized spacial score (nSPS) is 25.1. The van der Waals surface area contributed by atoms with E-state index in [9.17, 15) is 4.79 Å². The highest BCUT2D eigenvalue weighted by molar-refractivity contribution is 5.81. The number of hydrogen-bond donors (Lipinski definition) is 2. The third-order valence-electron chi connectivity index (χ3n) is 5.04. The molecule has 1 spiro atoms. The minimum absolute atomic E-state index is 0.0731. The summed E-state index contributed by atoms with van der Waals surface area (Å²) in [7, 11) is 0. The summed E-state index contributed by atoms with van der Waals surface area (Å²) in [6.07, 6.45) is 4.87. The first-order valence-corrected chi connectivity index (χ1v) is 9.76. The van der Waals surface area contributed by atoms with Crippen LogP contribution in [-0.4, -0.2) is 62.7 Å². The molecule has 2 N–H and O–H groups in total. The molecule has 144 valence electrons. The van der Waals surface area contributed by atoms with Crippen molar-refractivity contribution in [1.29, 1.82) is 0 Å². The van der Waals surface area contributed by atoms with E-state index < -0.39 is 0 Å². The van der Waals surface area contributed by atoms with Gasteiger partial charge < -0.3 is 20.3 Å².